The number of hydrogen-bond acceptors (Lipinski definition) is 13. The molecule has 5 N–H and O–H groups in total. The highest BCUT2D eigenvalue weighted by Crippen LogP contribution is 2.18. The van der Waals surface area contributed by atoms with Crippen LogP contribution in [0.2, 0.25) is 0 Å². The summed E-state index contributed by atoms with van der Waals surface area (Å²) >= 11 is 13.5. The van der Waals surface area contributed by atoms with Crippen LogP contribution in [0.15, 0.2) is 25.3 Å². The first kappa shape index (κ1) is 111. The van der Waals surface area contributed by atoms with E-state index >= 15 is 0 Å². The van der Waals surface area contributed by atoms with Gasteiger partial charge in [0.1, 0.15) is 18.0 Å². The Morgan fingerprint density at radius 3 is 1.00 bits per heavy atom. The van der Waals surface area contributed by atoms with Crippen molar-refractivity contribution >= 4 is 123 Å². The molecule has 0 aromatic heterocycles. The number of esters is 2. The molecular formula is C57H129Br3N4O10S3. The largest absolute Gasteiger partial charge is 0.465 e. The third kappa shape index (κ3) is 83.4. The number of ether oxygens (including phenoxy) is 2. The van der Waals surface area contributed by atoms with Crippen LogP contribution in [-0.2, 0) is 43.0 Å². The normalized spacial score (nSPS) is 11.5. The van der Waals surface area contributed by atoms with Crippen molar-refractivity contribution in [1.82, 2.24) is 21.3 Å². The fourth-order valence-corrected chi connectivity index (χ4v) is 7.35. The van der Waals surface area contributed by atoms with Gasteiger partial charge in [-0.1, -0.05) is 145 Å². The second-order valence-electron chi connectivity index (χ2n) is 16.7. The standard InChI is InChI=1S/C16H31NO3S.C12H22BrNO3S.C9H19NO2S.C6H11NO.C3H4Br2O.C3H6.8CH4.2H2/c1-7-14(15(18)17-12(4)5)21-9-8-20-16(19)13(6)10-11(2)3;1-5-10(11(15)14-8(2)3)18-7-6-17-12(16)9(4)13;1-4-8(13-6-5-11)9(12)10-7(2)3;1-4-6(8)7-5(2)3;1-2(4)3(5)6;1-3-2;;;;;;;;;;/h11-14H,7-10H2,1-6H3,(H,17,18);8-10H,5-7H2,1-4H3,(H,14,15);7-8,11H,4-6H2,1-3H3,(H,10,12);4-5H,1H2,2-3H3,(H,7,8);2H,1H3;3H,1H2,2H3;8*1H4;2*1H. The highest BCUT2D eigenvalue weighted by molar-refractivity contribution is 9.20. The molecule has 0 rings (SSSR count). The van der Waals surface area contributed by atoms with Crippen molar-refractivity contribution in [3.63, 3.8) is 0 Å². The van der Waals surface area contributed by atoms with Crippen molar-refractivity contribution < 1.29 is 51.0 Å². The summed E-state index contributed by atoms with van der Waals surface area (Å²) in [7, 11) is 0. The topological polar surface area (TPSA) is 206 Å². The Morgan fingerprint density at radius 2 is 0.805 bits per heavy atom. The number of nitrogens with one attached hydrogen (secondary N) is 4. The van der Waals surface area contributed by atoms with Gasteiger partial charge in [0.15, 0.2) is 0 Å². The smallest absolute Gasteiger partial charge is 0.319 e. The van der Waals surface area contributed by atoms with Crippen molar-refractivity contribution in [3.05, 3.63) is 25.3 Å². The first-order chi connectivity index (χ1) is 32.0. The molecule has 0 aliphatic carbocycles. The van der Waals surface area contributed by atoms with Crippen molar-refractivity contribution in [2.75, 3.05) is 37.1 Å². The van der Waals surface area contributed by atoms with Crippen LogP contribution >= 0.6 is 83.1 Å². The third-order valence-corrected chi connectivity index (χ3v) is 13.6. The van der Waals surface area contributed by atoms with E-state index in [0.717, 1.165) is 25.7 Å². The minimum atomic E-state index is -0.284. The second kappa shape index (κ2) is 74.4. The van der Waals surface area contributed by atoms with E-state index in [0.29, 0.717) is 36.4 Å². The summed E-state index contributed by atoms with van der Waals surface area (Å²) < 4.78 is 10.3. The summed E-state index contributed by atoms with van der Waals surface area (Å²) in [5.41, 5.74) is 0. The maximum Gasteiger partial charge on any atom is 0.319 e. The van der Waals surface area contributed by atoms with Crippen molar-refractivity contribution in [1.29, 1.82) is 0 Å². The lowest BCUT2D eigenvalue weighted by molar-refractivity contribution is -0.148. The van der Waals surface area contributed by atoms with Crippen LogP contribution in [-0.4, -0.2) is 132 Å². The number of hydrogen-bond donors (Lipinski definition) is 5. The number of thioether (sulfide) groups is 3. The summed E-state index contributed by atoms with van der Waals surface area (Å²) in [4.78, 5) is 78.2. The van der Waals surface area contributed by atoms with Crippen LogP contribution in [0, 0.1) is 11.8 Å². The van der Waals surface area contributed by atoms with Crippen LogP contribution in [0.4, 0.5) is 0 Å². The van der Waals surface area contributed by atoms with Crippen LogP contribution < -0.4 is 21.3 Å². The van der Waals surface area contributed by atoms with E-state index in [-0.39, 0.29) is 165 Å². The molecule has 0 aromatic carbocycles. The van der Waals surface area contributed by atoms with Gasteiger partial charge in [0.25, 0.3) is 0 Å². The average Bonchev–Trinajstić information content (AvgIpc) is 3.23. The Bertz CT molecular complexity index is 1400. The molecule has 0 aliphatic heterocycles. The van der Waals surface area contributed by atoms with Gasteiger partial charge < -0.3 is 35.8 Å². The molecule has 4 amide bonds. The first-order valence-corrected chi connectivity index (χ1v) is 29.4. The molecule has 476 valence electrons. The number of carbonyl (C=O) groups excluding carboxylic acids is 7. The van der Waals surface area contributed by atoms with E-state index < -0.39 is 0 Å². The fraction of sp³-hybridized carbons (Fsp3) is 0.807. The fourth-order valence-electron chi connectivity index (χ4n) is 4.53. The Balaban J connectivity index is -0.0000000449. The molecule has 77 heavy (non-hydrogen) atoms. The Labute approximate surface area is 518 Å². The molecule has 0 spiro atoms. The molecule has 0 aromatic rings. The van der Waals surface area contributed by atoms with E-state index in [1.165, 1.54) is 29.6 Å². The van der Waals surface area contributed by atoms with Crippen LogP contribution in [0.25, 0.3) is 0 Å². The van der Waals surface area contributed by atoms with Crippen molar-refractivity contribution in [2.45, 2.75) is 252 Å². The number of carbonyl (C=O) groups is 7. The molecule has 6 atom stereocenters. The lowest BCUT2D eigenvalue weighted by atomic mass is 9.99. The number of aliphatic hydroxyl groups is 1. The predicted molar refractivity (Wildman–Crippen MR) is 365 cm³/mol. The molecule has 20 heteroatoms. The lowest BCUT2D eigenvalue weighted by Gasteiger charge is -2.17. The summed E-state index contributed by atoms with van der Waals surface area (Å²) in [6.45, 7) is 40.4. The third-order valence-electron chi connectivity index (χ3n) is 7.47. The minimum absolute atomic E-state index is 0. The number of rotatable bonds is 27. The highest BCUT2D eigenvalue weighted by Gasteiger charge is 2.21. The zero-order valence-corrected chi connectivity index (χ0v) is 52.2. The lowest BCUT2D eigenvalue weighted by Crippen LogP contribution is -2.37. The van der Waals surface area contributed by atoms with Crippen LogP contribution in [0.3, 0.4) is 0 Å². The van der Waals surface area contributed by atoms with Gasteiger partial charge in [0.2, 0.25) is 28.3 Å². The highest BCUT2D eigenvalue weighted by atomic mass is 79.9. The summed E-state index contributed by atoms with van der Waals surface area (Å²) in [6.07, 6.45) is 6.22. The van der Waals surface area contributed by atoms with Crippen LogP contribution in [0.5, 0.6) is 0 Å². The number of halogens is 3. The maximum absolute atomic E-state index is 11.9. The molecule has 14 nitrogen and oxygen atoms in total. The van der Waals surface area contributed by atoms with E-state index in [1.807, 2.05) is 90.0 Å². The Kier molecular flexibility index (Phi) is 107. The van der Waals surface area contributed by atoms with Crippen molar-refractivity contribution in [2.24, 2.45) is 11.8 Å². The molecule has 0 heterocycles. The van der Waals surface area contributed by atoms with Gasteiger partial charge in [-0.2, -0.15) is 0 Å². The van der Waals surface area contributed by atoms with E-state index in [4.69, 9.17) is 14.6 Å². The van der Waals surface area contributed by atoms with Gasteiger partial charge in [-0.15, -0.1) is 41.9 Å². The molecule has 0 radical (unpaired) electrons. The van der Waals surface area contributed by atoms with Gasteiger partial charge in [-0.05, 0) is 130 Å². The zero-order valence-electron chi connectivity index (χ0n) is 45.0. The number of aliphatic hydroxyl groups excluding tert-OH is 1. The summed E-state index contributed by atoms with van der Waals surface area (Å²) in [5, 5.41) is 19.8. The van der Waals surface area contributed by atoms with Gasteiger partial charge in [-0.25, -0.2) is 0 Å². The summed E-state index contributed by atoms with van der Waals surface area (Å²) in [6, 6.07) is 0.706. The SMILES string of the molecule is C.C.C.C.C.C.C.C.C=CC.C=CC(=O)NC(C)C.CC(Br)C(=O)Br.CCC(SCCO)C(=O)NC(C)C.CCC(SCCOC(=O)C(C)Br)C(=O)NC(C)C.CCC(SCCOC(=O)C(C)CC(C)C)C(=O)NC(C)C.[HH].[HH]. The zero-order chi connectivity index (χ0) is 55.2. The molecule has 6 unspecified atom stereocenters. The maximum atomic E-state index is 11.9. The Hall–Kier alpha value is -1.58. The number of alkyl halides is 2. The molecule has 0 bridgehead atoms. The summed E-state index contributed by atoms with van der Waals surface area (Å²) in [5.74, 6) is 2.04. The molecular weight excluding hydrogens is 1240 g/mol. The molecule has 0 aliphatic rings. The quantitative estimate of drug-likeness (QED) is 0.0130. The Morgan fingerprint density at radius 1 is 0.532 bits per heavy atom. The molecule has 0 fully saturated rings. The van der Waals surface area contributed by atoms with Gasteiger partial charge >= 0.3 is 11.9 Å². The van der Waals surface area contributed by atoms with Gasteiger partial charge in [-0.3, -0.25) is 33.6 Å². The number of allylic oxidation sites excluding steroid dienone is 1. The van der Waals surface area contributed by atoms with Gasteiger partial charge in [0, 0.05) is 44.3 Å². The van der Waals surface area contributed by atoms with E-state index in [1.54, 1.807) is 31.7 Å². The monoisotopic (exact) mass is 1360 g/mol. The number of amides is 4. The van der Waals surface area contributed by atoms with E-state index in [2.05, 4.69) is 96.1 Å². The predicted octanol–water partition coefficient (Wildman–Crippen LogP) is 15.8. The minimum Gasteiger partial charge on any atom is -0.465 e. The average molecular weight is 1370 g/mol. The van der Waals surface area contributed by atoms with Crippen molar-refractivity contribution in [3.8, 4) is 0 Å². The first-order valence-electron chi connectivity index (χ1n) is 23.7. The van der Waals surface area contributed by atoms with Crippen LogP contribution in [0.1, 0.15) is 206 Å². The molecule has 0 saturated heterocycles. The second-order valence-corrected chi connectivity index (χ2v) is 24.2. The van der Waals surface area contributed by atoms with Gasteiger partial charge in [0.05, 0.1) is 33.1 Å². The molecule has 0 saturated carbocycles. The van der Waals surface area contributed by atoms with E-state index in [9.17, 15) is 33.6 Å².